The number of H-pyrrole nitrogens is 1. The number of likely N-dealkylation sites (tertiary alicyclic amines) is 1. The number of ketones is 1. The zero-order chi connectivity index (χ0) is 17.3. The fourth-order valence-electron chi connectivity index (χ4n) is 3.83. The Morgan fingerprint density at radius 3 is 2.38 bits per heavy atom. The van der Waals surface area contributed by atoms with Crippen LogP contribution < -0.4 is 0 Å². The summed E-state index contributed by atoms with van der Waals surface area (Å²) in [6.07, 6.45) is 3.01. The Labute approximate surface area is 142 Å². The van der Waals surface area contributed by atoms with Crippen molar-refractivity contribution in [2.45, 2.75) is 52.2 Å². The van der Waals surface area contributed by atoms with E-state index in [1.807, 2.05) is 11.8 Å². The third-order valence-corrected chi connectivity index (χ3v) is 4.98. The van der Waals surface area contributed by atoms with Crippen LogP contribution in [-0.2, 0) is 15.9 Å². The summed E-state index contributed by atoms with van der Waals surface area (Å²) >= 11 is 0. The van der Waals surface area contributed by atoms with Gasteiger partial charge in [0.2, 0.25) is 0 Å². The second-order valence-electron chi connectivity index (χ2n) is 6.68. The van der Waals surface area contributed by atoms with Crippen molar-refractivity contribution in [3.05, 3.63) is 22.5 Å². The number of rotatable bonds is 4. The van der Waals surface area contributed by atoms with Crippen LogP contribution in [-0.4, -0.2) is 53.7 Å². The molecule has 3 rings (SSSR count). The van der Waals surface area contributed by atoms with Gasteiger partial charge in [-0.1, -0.05) is 13.3 Å². The number of carbonyl (C=O) groups excluding carboxylic acids is 2. The quantitative estimate of drug-likeness (QED) is 0.859. The topological polar surface area (TPSA) is 71.6 Å². The molecule has 1 aromatic heterocycles. The van der Waals surface area contributed by atoms with Crippen molar-refractivity contribution >= 4 is 11.7 Å². The highest BCUT2D eigenvalue weighted by Gasteiger charge is 2.41. The number of nitrogens with one attached hydrogen (secondary N) is 1. The summed E-state index contributed by atoms with van der Waals surface area (Å²) < 4.78 is 11.4. The minimum Gasteiger partial charge on any atom is -0.354 e. The molecule has 0 atom stereocenters. The number of ether oxygens (including phenoxy) is 2. The average molecular weight is 334 g/mol. The summed E-state index contributed by atoms with van der Waals surface area (Å²) in [5, 5.41) is 0. The zero-order valence-corrected chi connectivity index (χ0v) is 14.7. The molecule has 0 radical (unpaired) electrons. The van der Waals surface area contributed by atoms with Crippen molar-refractivity contribution in [1.82, 2.24) is 9.88 Å². The summed E-state index contributed by atoms with van der Waals surface area (Å²) in [4.78, 5) is 30.0. The lowest BCUT2D eigenvalue weighted by atomic mass is 9.99. The van der Waals surface area contributed by atoms with Gasteiger partial charge in [-0.25, -0.2) is 0 Å². The van der Waals surface area contributed by atoms with Crippen LogP contribution in [0.3, 0.4) is 0 Å². The van der Waals surface area contributed by atoms with Gasteiger partial charge in [-0.15, -0.1) is 0 Å². The molecule has 132 valence electrons. The summed E-state index contributed by atoms with van der Waals surface area (Å²) in [7, 11) is 0. The highest BCUT2D eigenvalue weighted by Crippen LogP contribution is 2.32. The summed E-state index contributed by atoms with van der Waals surface area (Å²) in [6, 6.07) is 0. The molecule has 1 amide bonds. The van der Waals surface area contributed by atoms with Crippen LogP contribution in [0.5, 0.6) is 0 Å². The molecule has 3 heterocycles. The molecular formula is C18H26N2O4. The van der Waals surface area contributed by atoms with Crippen molar-refractivity contribution in [2.75, 3.05) is 26.3 Å². The zero-order valence-electron chi connectivity index (χ0n) is 14.7. The first-order chi connectivity index (χ1) is 11.5. The Kier molecular flexibility index (Phi) is 4.78. The molecule has 1 N–H and O–H groups in total. The standard InChI is InChI=1S/C18H26N2O4/c1-4-5-14-15(13(3)21)12(2)19-16(14)17(22)20-8-6-18(7-9-20)23-10-11-24-18/h19H,4-11H2,1-3H3. The van der Waals surface area contributed by atoms with Crippen LogP contribution in [0.25, 0.3) is 0 Å². The van der Waals surface area contributed by atoms with E-state index in [0.717, 1.165) is 24.1 Å². The van der Waals surface area contributed by atoms with Gasteiger partial charge < -0.3 is 19.4 Å². The molecule has 6 nitrogen and oxygen atoms in total. The molecule has 1 spiro atoms. The van der Waals surface area contributed by atoms with Gasteiger partial charge >= 0.3 is 0 Å². The Balaban J connectivity index is 1.80. The molecule has 0 aromatic carbocycles. The number of Topliss-reactive ketones (excluding diaryl/α,β-unsaturated/α-hetero) is 1. The van der Waals surface area contributed by atoms with Gasteiger partial charge in [0.25, 0.3) is 5.91 Å². The largest absolute Gasteiger partial charge is 0.354 e. The van der Waals surface area contributed by atoms with Crippen molar-refractivity contribution in [3.63, 3.8) is 0 Å². The maximum atomic E-state index is 13.0. The highest BCUT2D eigenvalue weighted by molar-refractivity contribution is 6.02. The van der Waals surface area contributed by atoms with Gasteiger partial charge in [0.05, 0.1) is 13.2 Å². The van der Waals surface area contributed by atoms with E-state index in [9.17, 15) is 9.59 Å². The lowest BCUT2D eigenvalue weighted by Crippen LogP contribution is -2.47. The van der Waals surface area contributed by atoms with Crippen molar-refractivity contribution < 1.29 is 19.1 Å². The number of nitrogens with zero attached hydrogens (tertiary/aromatic N) is 1. The van der Waals surface area contributed by atoms with E-state index < -0.39 is 5.79 Å². The Morgan fingerprint density at radius 2 is 1.83 bits per heavy atom. The Bertz CT molecular complexity index is 634. The van der Waals surface area contributed by atoms with Crippen LogP contribution in [0.1, 0.15) is 65.2 Å². The van der Waals surface area contributed by atoms with E-state index in [1.165, 1.54) is 0 Å². The number of aromatic amines is 1. The molecule has 0 unspecified atom stereocenters. The maximum absolute atomic E-state index is 13.0. The van der Waals surface area contributed by atoms with Crippen LogP contribution in [0.2, 0.25) is 0 Å². The second kappa shape index (κ2) is 6.69. The maximum Gasteiger partial charge on any atom is 0.270 e. The van der Waals surface area contributed by atoms with Gasteiger partial charge in [0.15, 0.2) is 11.6 Å². The molecule has 2 saturated heterocycles. The molecule has 6 heteroatoms. The minimum atomic E-state index is -0.487. The van der Waals surface area contributed by atoms with E-state index >= 15 is 0 Å². The first-order valence-electron chi connectivity index (χ1n) is 8.77. The van der Waals surface area contributed by atoms with Crippen molar-refractivity contribution in [1.29, 1.82) is 0 Å². The predicted octanol–water partition coefficient (Wildman–Crippen LogP) is 2.46. The molecule has 2 aliphatic heterocycles. The fraction of sp³-hybridized carbons (Fsp3) is 0.667. The van der Waals surface area contributed by atoms with E-state index in [-0.39, 0.29) is 11.7 Å². The Morgan fingerprint density at radius 1 is 1.21 bits per heavy atom. The molecular weight excluding hydrogens is 308 g/mol. The fourth-order valence-corrected chi connectivity index (χ4v) is 3.83. The molecule has 2 aliphatic rings. The SMILES string of the molecule is CCCc1c(C(=O)N2CCC3(CC2)OCCO3)[nH]c(C)c1C(C)=O. The van der Waals surface area contributed by atoms with Gasteiger partial charge in [-0.3, -0.25) is 9.59 Å². The monoisotopic (exact) mass is 334 g/mol. The van der Waals surface area contributed by atoms with Crippen LogP contribution in [0.4, 0.5) is 0 Å². The third kappa shape index (κ3) is 3.00. The normalized spacial score (nSPS) is 19.9. The Hall–Kier alpha value is -1.66. The first-order valence-corrected chi connectivity index (χ1v) is 8.77. The third-order valence-electron chi connectivity index (χ3n) is 4.98. The molecule has 0 saturated carbocycles. The first kappa shape index (κ1) is 17.2. The summed E-state index contributed by atoms with van der Waals surface area (Å²) in [5.41, 5.74) is 2.89. The highest BCUT2D eigenvalue weighted by atomic mass is 16.7. The molecule has 0 aliphatic carbocycles. The van der Waals surface area contributed by atoms with E-state index in [1.54, 1.807) is 6.92 Å². The lowest BCUT2D eigenvalue weighted by molar-refractivity contribution is -0.181. The van der Waals surface area contributed by atoms with E-state index in [2.05, 4.69) is 11.9 Å². The summed E-state index contributed by atoms with van der Waals surface area (Å²) in [5.74, 6) is -0.502. The second-order valence-corrected chi connectivity index (χ2v) is 6.68. The van der Waals surface area contributed by atoms with Gasteiger partial charge in [-0.05, 0) is 25.8 Å². The number of aromatic nitrogens is 1. The van der Waals surface area contributed by atoms with Crippen LogP contribution in [0, 0.1) is 6.92 Å². The average Bonchev–Trinajstić information content (AvgIpc) is 3.13. The molecule has 1 aromatic rings. The number of piperidine rings is 1. The van der Waals surface area contributed by atoms with Gasteiger partial charge in [-0.2, -0.15) is 0 Å². The van der Waals surface area contributed by atoms with E-state index in [0.29, 0.717) is 50.4 Å². The van der Waals surface area contributed by atoms with Crippen molar-refractivity contribution in [2.24, 2.45) is 0 Å². The number of amides is 1. The minimum absolute atomic E-state index is 0.0107. The number of carbonyl (C=O) groups is 2. The lowest BCUT2D eigenvalue weighted by Gasteiger charge is -2.37. The van der Waals surface area contributed by atoms with Gasteiger partial charge in [0.1, 0.15) is 5.69 Å². The van der Waals surface area contributed by atoms with Gasteiger partial charge in [0, 0.05) is 37.2 Å². The van der Waals surface area contributed by atoms with Crippen LogP contribution >= 0.6 is 0 Å². The molecule has 2 fully saturated rings. The smallest absolute Gasteiger partial charge is 0.270 e. The number of aryl methyl sites for hydroxylation is 1. The molecule has 0 bridgehead atoms. The number of hydrogen-bond acceptors (Lipinski definition) is 4. The van der Waals surface area contributed by atoms with E-state index in [4.69, 9.17) is 9.47 Å². The molecule has 24 heavy (non-hydrogen) atoms. The summed E-state index contributed by atoms with van der Waals surface area (Å²) in [6.45, 7) is 7.95. The van der Waals surface area contributed by atoms with Crippen LogP contribution in [0.15, 0.2) is 0 Å². The predicted molar refractivity (Wildman–Crippen MR) is 89.3 cm³/mol. The number of hydrogen-bond donors (Lipinski definition) is 1. The van der Waals surface area contributed by atoms with Crippen molar-refractivity contribution in [3.8, 4) is 0 Å².